The molecule has 2 aromatic carbocycles. The molecule has 2 fully saturated rings. The van der Waals surface area contributed by atoms with Crippen LogP contribution in [0.4, 0.5) is 0 Å². The molecular formula is C26H27ClN2O7S2. The Bertz CT molecular complexity index is 1360. The fourth-order valence-electron chi connectivity index (χ4n) is 4.73. The van der Waals surface area contributed by atoms with Gasteiger partial charge in [-0.15, -0.1) is 11.8 Å². The molecule has 0 spiro atoms. The molecule has 5 rings (SSSR count). The molecule has 3 atom stereocenters. The third-order valence-corrected chi connectivity index (χ3v) is 10.9. The molecule has 1 saturated carbocycles. The number of nitrogens with one attached hydrogen (secondary N) is 1. The summed E-state index contributed by atoms with van der Waals surface area (Å²) in [5.74, 6) is -1.71. The molecular weight excluding hydrogens is 552 g/mol. The number of sulfonamides is 1. The summed E-state index contributed by atoms with van der Waals surface area (Å²) >= 11 is 7.14. The predicted molar refractivity (Wildman–Crippen MR) is 145 cm³/mol. The molecule has 1 amide bonds. The third kappa shape index (κ3) is 5.57. The van der Waals surface area contributed by atoms with E-state index in [2.05, 4.69) is 4.72 Å². The lowest BCUT2D eigenvalue weighted by molar-refractivity contribution is -0.140. The first-order valence-electron chi connectivity index (χ1n) is 12.2. The molecule has 9 nitrogen and oxygen atoms in total. The van der Waals surface area contributed by atoms with E-state index in [9.17, 15) is 23.1 Å². The number of morpholine rings is 1. The van der Waals surface area contributed by atoms with Gasteiger partial charge in [0.15, 0.2) is 6.61 Å². The van der Waals surface area contributed by atoms with Crippen molar-refractivity contribution in [3.63, 3.8) is 0 Å². The number of carbonyl (C=O) groups is 2. The molecule has 12 heteroatoms. The highest BCUT2D eigenvalue weighted by molar-refractivity contribution is 8.18. The summed E-state index contributed by atoms with van der Waals surface area (Å²) < 4.78 is 39.4. The number of hydrogen-bond acceptors (Lipinski definition) is 7. The number of allylic oxidation sites excluding steroid dienone is 1. The number of nitrogens with zero attached hydrogens (tertiary/aromatic N) is 1. The number of carboxylic acid groups (broad SMARTS) is 1. The number of carbonyl (C=O) groups excluding carboxylic acids is 1. The molecule has 0 radical (unpaired) electrons. The second-order valence-electron chi connectivity index (χ2n) is 9.36. The van der Waals surface area contributed by atoms with Gasteiger partial charge in [0.2, 0.25) is 10.0 Å². The van der Waals surface area contributed by atoms with Gasteiger partial charge in [-0.1, -0.05) is 48.0 Å². The maximum absolute atomic E-state index is 13.3. The number of aliphatic carboxylic acids is 1. The van der Waals surface area contributed by atoms with Crippen LogP contribution in [0, 0.1) is 0 Å². The number of halogens is 1. The van der Waals surface area contributed by atoms with E-state index < -0.39 is 32.0 Å². The lowest BCUT2D eigenvalue weighted by Gasteiger charge is -2.27. The van der Waals surface area contributed by atoms with Crippen molar-refractivity contribution in [3.05, 3.63) is 70.8 Å². The first kappa shape index (κ1) is 27.0. The van der Waals surface area contributed by atoms with E-state index in [1.165, 1.54) is 11.8 Å². The van der Waals surface area contributed by atoms with Crippen molar-refractivity contribution in [2.75, 3.05) is 32.9 Å². The summed E-state index contributed by atoms with van der Waals surface area (Å²) in [6.45, 7) is 1.73. The van der Waals surface area contributed by atoms with Gasteiger partial charge in [-0.2, -0.15) is 4.72 Å². The summed E-state index contributed by atoms with van der Waals surface area (Å²) in [5.41, 5.74) is -0.283. The number of rotatable bonds is 9. The first-order valence-corrected chi connectivity index (χ1v) is 15.0. The summed E-state index contributed by atoms with van der Waals surface area (Å²) in [6.07, 6.45) is 2.17. The van der Waals surface area contributed by atoms with Gasteiger partial charge in [-0.25, -0.2) is 8.42 Å². The number of para-hydroxylation sites is 1. The van der Waals surface area contributed by atoms with E-state index in [1.807, 2.05) is 18.2 Å². The van der Waals surface area contributed by atoms with Crippen LogP contribution in [0.25, 0.3) is 4.91 Å². The Kier molecular flexibility index (Phi) is 7.74. The van der Waals surface area contributed by atoms with Gasteiger partial charge >= 0.3 is 5.97 Å². The van der Waals surface area contributed by atoms with Gasteiger partial charge in [0, 0.05) is 28.9 Å². The summed E-state index contributed by atoms with van der Waals surface area (Å²) in [4.78, 5) is 27.4. The van der Waals surface area contributed by atoms with Crippen molar-refractivity contribution in [3.8, 4) is 5.75 Å². The molecule has 1 aliphatic carbocycles. The molecule has 38 heavy (non-hydrogen) atoms. The summed E-state index contributed by atoms with van der Waals surface area (Å²) in [5, 5.41) is 10.7. The van der Waals surface area contributed by atoms with E-state index >= 15 is 0 Å². The first-order chi connectivity index (χ1) is 18.2. The standard InChI is InChI=1S/C26H27ClN2O7S2/c27-18-7-5-17(6-8-18)22-9-10-24(37-22)38(33,34)28-26(25(31)32)15-20(26)19-3-1-2-4-21(19)36-16-23(30)29-11-13-35-14-12-29/h1-9,20,24,28H,10-16H2,(H,31,32). The van der Waals surface area contributed by atoms with Crippen molar-refractivity contribution in [2.45, 2.75) is 28.9 Å². The second kappa shape index (κ2) is 10.9. The smallest absolute Gasteiger partial charge is 0.325 e. The highest BCUT2D eigenvalue weighted by Gasteiger charge is 2.64. The van der Waals surface area contributed by atoms with Crippen LogP contribution in [0.2, 0.25) is 5.02 Å². The quantitative estimate of drug-likeness (QED) is 0.465. The van der Waals surface area contributed by atoms with E-state index in [1.54, 1.807) is 41.3 Å². The number of carboxylic acids is 1. The molecule has 2 aromatic rings. The SMILES string of the molecule is O=C(COc1ccccc1C1CC1(NS(=O)(=O)C1CC=C(c2ccc(Cl)cc2)S1)C(=O)O)N1CCOCC1. The topological polar surface area (TPSA) is 122 Å². The van der Waals surface area contributed by atoms with Crippen molar-refractivity contribution in [1.29, 1.82) is 0 Å². The Morgan fingerprint density at radius 3 is 2.58 bits per heavy atom. The molecule has 2 aliphatic heterocycles. The van der Waals surface area contributed by atoms with Crippen LogP contribution in [0.15, 0.2) is 54.6 Å². The van der Waals surface area contributed by atoms with Crippen LogP contribution in [-0.2, 0) is 24.3 Å². The van der Waals surface area contributed by atoms with Crippen LogP contribution in [-0.4, -0.2) is 73.3 Å². The Morgan fingerprint density at radius 1 is 1.16 bits per heavy atom. The van der Waals surface area contributed by atoms with E-state index in [4.69, 9.17) is 21.1 Å². The van der Waals surface area contributed by atoms with Gasteiger partial charge in [0.05, 0.1) is 13.2 Å². The van der Waals surface area contributed by atoms with Crippen LogP contribution in [0.5, 0.6) is 5.75 Å². The maximum atomic E-state index is 13.3. The lowest BCUT2D eigenvalue weighted by atomic mass is 10.1. The van der Waals surface area contributed by atoms with Crippen molar-refractivity contribution >= 4 is 50.2 Å². The monoisotopic (exact) mass is 578 g/mol. The third-order valence-electron chi connectivity index (χ3n) is 6.91. The zero-order chi connectivity index (χ0) is 26.9. The highest BCUT2D eigenvalue weighted by atomic mass is 35.5. The Hall–Kier alpha value is -2.57. The zero-order valence-electron chi connectivity index (χ0n) is 20.3. The molecule has 0 aromatic heterocycles. The van der Waals surface area contributed by atoms with Crippen LogP contribution < -0.4 is 9.46 Å². The molecule has 2 heterocycles. The Balaban J connectivity index is 1.27. The van der Waals surface area contributed by atoms with Crippen molar-refractivity contribution in [1.82, 2.24) is 9.62 Å². The van der Waals surface area contributed by atoms with Crippen LogP contribution in [0.1, 0.15) is 29.9 Å². The van der Waals surface area contributed by atoms with E-state index in [0.29, 0.717) is 42.6 Å². The number of hydrogen-bond donors (Lipinski definition) is 2. The minimum Gasteiger partial charge on any atom is -0.483 e. The predicted octanol–water partition coefficient (Wildman–Crippen LogP) is 3.31. The average molecular weight is 579 g/mol. The largest absolute Gasteiger partial charge is 0.483 e. The Labute approximate surface area is 230 Å². The lowest BCUT2D eigenvalue weighted by Crippen LogP contribution is -2.47. The minimum atomic E-state index is -4.00. The van der Waals surface area contributed by atoms with Gasteiger partial charge in [0.25, 0.3) is 5.91 Å². The van der Waals surface area contributed by atoms with Crippen molar-refractivity contribution in [2.24, 2.45) is 0 Å². The summed E-state index contributed by atoms with van der Waals surface area (Å²) in [6, 6.07) is 14.0. The summed E-state index contributed by atoms with van der Waals surface area (Å²) in [7, 11) is -4.00. The average Bonchev–Trinajstić information content (AvgIpc) is 3.39. The second-order valence-corrected chi connectivity index (χ2v) is 13.2. The fraction of sp³-hybridized carbons (Fsp3) is 0.385. The van der Waals surface area contributed by atoms with Gasteiger partial charge in [-0.3, -0.25) is 9.59 Å². The number of benzene rings is 2. The van der Waals surface area contributed by atoms with E-state index in [-0.39, 0.29) is 25.4 Å². The number of thioether (sulfide) groups is 1. The maximum Gasteiger partial charge on any atom is 0.325 e. The molecule has 2 N–H and O–H groups in total. The van der Waals surface area contributed by atoms with Crippen LogP contribution >= 0.6 is 23.4 Å². The van der Waals surface area contributed by atoms with Gasteiger partial charge in [0.1, 0.15) is 15.9 Å². The molecule has 1 saturated heterocycles. The molecule has 0 bridgehead atoms. The molecule has 202 valence electrons. The van der Waals surface area contributed by atoms with E-state index in [0.717, 1.165) is 10.5 Å². The highest BCUT2D eigenvalue weighted by Crippen LogP contribution is 2.55. The normalized spacial score (nSPS) is 25.1. The fourth-order valence-corrected chi connectivity index (χ4v) is 8.06. The molecule has 3 aliphatic rings. The number of ether oxygens (including phenoxy) is 2. The van der Waals surface area contributed by atoms with Gasteiger partial charge < -0.3 is 19.5 Å². The zero-order valence-corrected chi connectivity index (χ0v) is 22.7. The Morgan fingerprint density at radius 2 is 1.87 bits per heavy atom. The minimum absolute atomic E-state index is 0.0776. The molecule has 3 unspecified atom stereocenters. The van der Waals surface area contributed by atoms with Crippen molar-refractivity contribution < 1.29 is 32.6 Å². The van der Waals surface area contributed by atoms with Crippen LogP contribution in [0.3, 0.4) is 0 Å². The van der Waals surface area contributed by atoms with Gasteiger partial charge in [-0.05, 0) is 42.2 Å². The number of amides is 1.